The van der Waals surface area contributed by atoms with Crippen molar-refractivity contribution in [3.8, 4) is 11.3 Å². The monoisotopic (exact) mass is 593 g/mol. The number of nitrogens with two attached hydrogens (primary N) is 1. The Morgan fingerprint density at radius 2 is 1.76 bits per heavy atom. The molecular weight excluding hydrogens is 553 g/mol. The Labute approximate surface area is 244 Å². The van der Waals surface area contributed by atoms with Gasteiger partial charge in [0.1, 0.15) is 35.8 Å². The molecule has 1 atom stereocenters. The molecule has 4 heterocycles. The van der Waals surface area contributed by atoms with Crippen molar-refractivity contribution in [1.29, 1.82) is 0 Å². The summed E-state index contributed by atoms with van der Waals surface area (Å²) < 4.78 is 69.7. The maximum absolute atomic E-state index is 14.4. The molecular formula is C30H40F5N7. The van der Waals surface area contributed by atoms with Crippen LogP contribution in [-0.2, 0) is 19.1 Å². The van der Waals surface area contributed by atoms with E-state index in [1.54, 1.807) is 6.20 Å². The lowest BCUT2D eigenvalue weighted by molar-refractivity contribution is -0.139. The van der Waals surface area contributed by atoms with Crippen molar-refractivity contribution in [2.24, 2.45) is 0 Å². The van der Waals surface area contributed by atoms with E-state index in [9.17, 15) is 22.0 Å². The van der Waals surface area contributed by atoms with Gasteiger partial charge < -0.3 is 15.2 Å². The van der Waals surface area contributed by atoms with Crippen molar-refractivity contribution >= 4 is 11.6 Å². The third-order valence-corrected chi connectivity index (χ3v) is 7.95. The summed E-state index contributed by atoms with van der Waals surface area (Å²) in [5.41, 5.74) is 6.40. The van der Waals surface area contributed by atoms with Crippen molar-refractivity contribution < 1.29 is 22.0 Å². The molecule has 0 amide bonds. The minimum atomic E-state index is -4.77. The maximum Gasteiger partial charge on any atom is 0.419 e. The Balaban J connectivity index is 0.00000198. The summed E-state index contributed by atoms with van der Waals surface area (Å²) in [5, 5.41) is 0. The highest BCUT2D eigenvalue weighted by atomic mass is 19.4. The molecule has 1 unspecified atom stereocenters. The molecule has 2 aromatic heterocycles. The Bertz CT molecular complexity index is 1320. The topological polar surface area (TPSA) is 76.1 Å². The van der Waals surface area contributed by atoms with E-state index in [0.29, 0.717) is 37.6 Å². The van der Waals surface area contributed by atoms with Gasteiger partial charge in [-0.15, -0.1) is 0 Å². The highest BCUT2D eigenvalue weighted by Crippen LogP contribution is 2.36. The summed E-state index contributed by atoms with van der Waals surface area (Å²) in [7, 11) is 0. The molecule has 42 heavy (non-hydrogen) atoms. The minimum absolute atomic E-state index is 0.0869. The number of piperidine rings is 2. The Kier molecular flexibility index (Phi) is 10.4. The van der Waals surface area contributed by atoms with Gasteiger partial charge in [0.05, 0.1) is 11.3 Å². The van der Waals surface area contributed by atoms with Crippen molar-refractivity contribution in [1.82, 2.24) is 24.4 Å². The first-order chi connectivity index (χ1) is 20.1. The van der Waals surface area contributed by atoms with Gasteiger partial charge in [-0.25, -0.2) is 23.7 Å². The molecule has 0 spiro atoms. The molecule has 5 rings (SSSR count). The molecule has 2 saturated heterocycles. The van der Waals surface area contributed by atoms with Gasteiger partial charge >= 0.3 is 6.18 Å². The van der Waals surface area contributed by atoms with E-state index < -0.39 is 23.7 Å². The zero-order valence-electron chi connectivity index (χ0n) is 24.5. The predicted octanol–water partition coefficient (Wildman–Crippen LogP) is 6.49. The van der Waals surface area contributed by atoms with Gasteiger partial charge in [-0.3, -0.25) is 4.90 Å². The Hall–Kier alpha value is -3.28. The first-order valence-electron chi connectivity index (χ1n) is 14.8. The first-order valence-corrected chi connectivity index (χ1v) is 14.8. The molecule has 2 N–H and O–H groups in total. The molecule has 0 bridgehead atoms. The fourth-order valence-corrected chi connectivity index (χ4v) is 5.81. The molecule has 230 valence electrons. The number of hydrogen-bond donors (Lipinski definition) is 1. The second-order valence-corrected chi connectivity index (χ2v) is 10.6. The number of aromatic nitrogens is 4. The van der Waals surface area contributed by atoms with Crippen LogP contribution < -0.4 is 10.6 Å². The fourth-order valence-electron chi connectivity index (χ4n) is 5.81. The minimum Gasteiger partial charge on any atom is -0.383 e. The van der Waals surface area contributed by atoms with Crippen LogP contribution in [-0.4, -0.2) is 63.3 Å². The molecule has 0 aliphatic carbocycles. The highest BCUT2D eigenvalue weighted by molar-refractivity contribution is 5.60. The average Bonchev–Trinajstić information content (AvgIpc) is 3.41. The summed E-state index contributed by atoms with van der Waals surface area (Å²) in [4.78, 5) is 17.7. The van der Waals surface area contributed by atoms with Crippen LogP contribution in [0.2, 0.25) is 0 Å². The van der Waals surface area contributed by atoms with E-state index in [0.717, 1.165) is 74.7 Å². The molecule has 0 radical (unpaired) electrons. The van der Waals surface area contributed by atoms with Crippen LogP contribution in [0.5, 0.6) is 0 Å². The number of benzene rings is 1. The number of nitrogens with zero attached hydrogens (tertiary/aromatic N) is 6. The number of likely N-dealkylation sites (tertiary alicyclic amines) is 1. The Morgan fingerprint density at radius 1 is 1.02 bits per heavy atom. The van der Waals surface area contributed by atoms with Crippen LogP contribution in [0, 0.1) is 5.82 Å². The number of nitrogen functional groups attached to an aromatic ring is 1. The second kappa shape index (κ2) is 13.8. The predicted molar refractivity (Wildman–Crippen MR) is 155 cm³/mol. The summed E-state index contributed by atoms with van der Waals surface area (Å²) in [6.07, 6.45) is 1.30. The highest BCUT2D eigenvalue weighted by Gasteiger charge is 2.34. The van der Waals surface area contributed by atoms with Crippen molar-refractivity contribution in [3.63, 3.8) is 0 Å². The van der Waals surface area contributed by atoms with E-state index >= 15 is 0 Å². The second-order valence-electron chi connectivity index (χ2n) is 10.6. The summed E-state index contributed by atoms with van der Waals surface area (Å²) >= 11 is 0. The third-order valence-electron chi connectivity index (χ3n) is 7.95. The third kappa shape index (κ3) is 7.19. The lowest BCUT2D eigenvalue weighted by atomic mass is 9.95. The normalized spacial score (nSPS) is 18.6. The smallest absolute Gasteiger partial charge is 0.383 e. The van der Waals surface area contributed by atoms with Crippen LogP contribution in [0.3, 0.4) is 0 Å². The fraction of sp³-hybridized carbons (Fsp3) is 0.567. The van der Waals surface area contributed by atoms with Gasteiger partial charge in [-0.2, -0.15) is 13.2 Å². The van der Waals surface area contributed by atoms with E-state index in [-0.39, 0.29) is 11.5 Å². The maximum atomic E-state index is 14.4. The van der Waals surface area contributed by atoms with E-state index in [2.05, 4.69) is 19.8 Å². The van der Waals surface area contributed by atoms with E-state index in [1.165, 1.54) is 12.4 Å². The van der Waals surface area contributed by atoms with Gasteiger partial charge in [-0.1, -0.05) is 26.8 Å². The molecule has 1 aromatic carbocycles. The van der Waals surface area contributed by atoms with Crippen LogP contribution in [0.4, 0.5) is 33.6 Å². The number of imidazole rings is 1. The number of alkyl halides is 4. The van der Waals surface area contributed by atoms with Crippen LogP contribution in [0.15, 0.2) is 30.7 Å². The summed E-state index contributed by atoms with van der Waals surface area (Å²) in [6, 6.07) is 2.91. The Morgan fingerprint density at radius 3 is 2.40 bits per heavy atom. The van der Waals surface area contributed by atoms with Gasteiger partial charge in [-0.05, 0) is 50.8 Å². The molecule has 0 saturated carbocycles. The molecule has 7 nitrogen and oxygen atoms in total. The van der Waals surface area contributed by atoms with Gasteiger partial charge in [0.15, 0.2) is 0 Å². The lowest BCUT2D eigenvalue weighted by Gasteiger charge is -2.34. The van der Waals surface area contributed by atoms with E-state index in [1.807, 2.05) is 25.3 Å². The average molecular weight is 594 g/mol. The first kappa shape index (κ1) is 31.7. The summed E-state index contributed by atoms with van der Waals surface area (Å²) in [6.45, 7) is 9.86. The standard InChI is InChI=1S/C28H34F5N7.C2H6/c1-2-21-25(34)35-17-36-27(21)39-10-7-18(8-11-39)26-37-24(19-5-6-22(23(30)14-19)28(31,32)33)16-40(26)13-12-38-9-3-4-20(29)15-38;1-2/h5-6,14,16-18,20H,2-4,7-13,15H2,1H3,(H2,34,35,36);1-2H3. The van der Waals surface area contributed by atoms with Crippen molar-refractivity contribution in [2.75, 3.05) is 43.4 Å². The van der Waals surface area contributed by atoms with E-state index in [4.69, 9.17) is 10.7 Å². The molecule has 2 aliphatic heterocycles. The van der Waals surface area contributed by atoms with Crippen LogP contribution in [0.25, 0.3) is 11.3 Å². The molecule has 2 aliphatic rings. The van der Waals surface area contributed by atoms with Crippen LogP contribution in [0.1, 0.15) is 69.3 Å². The quantitative estimate of drug-likeness (QED) is 0.316. The molecule has 3 aromatic rings. The zero-order valence-corrected chi connectivity index (χ0v) is 24.5. The molecule has 2 fully saturated rings. The van der Waals surface area contributed by atoms with Crippen LogP contribution >= 0.6 is 0 Å². The molecule has 12 heteroatoms. The lowest BCUT2D eigenvalue weighted by Crippen LogP contribution is -2.38. The van der Waals surface area contributed by atoms with Gasteiger partial charge in [0.25, 0.3) is 0 Å². The van der Waals surface area contributed by atoms with Gasteiger partial charge in [0.2, 0.25) is 0 Å². The van der Waals surface area contributed by atoms with Crippen molar-refractivity contribution in [2.45, 2.75) is 77.7 Å². The zero-order chi connectivity index (χ0) is 30.4. The number of rotatable bonds is 7. The SMILES string of the molecule is CC.CCc1c(N)ncnc1N1CCC(c2nc(-c3ccc(C(F)(F)F)c(F)c3)cn2CCN2CCCC(F)C2)CC1. The number of hydrogen-bond acceptors (Lipinski definition) is 6. The number of halogens is 5. The number of anilines is 2. The van der Waals surface area contributed by atoms with Gasteiger partial charge in [0, 0.05) is 56.0 Å². The largest absolute Gasteiger partial charge is 0.419 e. The van der Waals surface area contributed by atoms with Crippen molar-refractivity contribution in [3.05, 3.63) is 53.5 Å². The summed E-state index contributed by atoms with van der Waals surface area (Å²) in [5.74, 6) is 0.883.